The van der Waals surface area contributed by atoms with Crippen LogP contribution in [0.25, 0.3) is 0 Å². The summed E-state index contributed by atoms with van der Waals surface area (Å²) >= 11 is 6.04. The first kappa shape index (κ1) is 18.4. The molecule has 1 unspecified atom stereocenters. The number of carboxylic acid groups (broad SMARTS) is 1. The Morgan fingerprint density at radius 2 is 1.92 bits per heavy atom. The summed E-state index contributed by atoms with van der Waals surface area (Å²) in [7, 11) is 0. The van der Waals surface area contributed by atoms with Gasteiger partial charge in [0.1, 0.15) is 0 Å². The molecule has 0 spiro atoms. The topological polar surface area (TPSA) is 69.6 Å². The third-order valence-electron chi connectivity index (χ3n) is 4.80. The highest BCUT2D eigenvalue weighted by Gasteiger charge is 2.25. The van der Waals surface area contributed by atoms with Crippen LogP contribution in [0.5, 0.6) is 0 Å². The van der Waals surface area contributed by atoms with E-state index in [2.05, 4.69) is 10.2 Å². The number of halogens is 1. The van der Waals surface area contributed by atoms with Crippen molar-refractivity contribution in [3.05, 3.63) is 69.7 Å². The Bertz CT molecular complexity index is 820. The molecule has 0 saturated heterocycles. The second-order valence-corrected chi connectivity index (χ2v) is 6.97. The van der Waals surface area contributed by atoms with Crippen molar-refractivity contribution in [1.82, 2.24) is 10.2 Å². The number of amides is 1. The standard InChI is InChI=1S/C20H21ClN2O3/c1-13(23-9-8-16-10-18(21)7-6-17(16)12-23)19(24)22-11-14-2-4-15(5-3-14)20(25)26/h2-7,10,13H,8-9,11-12H2,1H3,(H,22,24)(H,25,26). The molecule has 0 saturated carbocycles. The van der Waals surface area contributed by atoms with Crippen molar-refractivity contribution in [3.63, 3.8) is 0 Å². The van der Waals surface area contributed by atoms with Gasteiger partial charge in [0.2, 0.25) is 5.91 Å². The summed E-state index contributed by atoms with van der Waals surface area (Å²) in [6.45, 7) is 3.83. The molecule has 0 bridgehead atoms. The molecule has 6 heteroatoms. The molecule has 2 aromatic carbocycles. The van der Waals surface area contributed by atoms with Crippen LogP contribution in [0.4, 0.5) is 0 Å². The number of rotatable bonds is 5. The first-order chi connectivity index (χ1) is 12.4. The number of aromatic carboxylic acids is 1. The third-order valence-corrected chi connectivity index (χ3v) is 5.04. The average molecular weight is 373 g/mol. The van der Waals surface area contributed by atoms with E-state index < -0.39 is 5.97 Å². The summed E-state index contributed by atoms with van der Waals surface area (Å²) in [6.07, 6.45) is 0.879. The number of carbonyl (C=O) groups is 2. The predicted octanol–water partition coefficient (Wildman–Crippen LogP) is 3.10. The second-order valence-electron chi connectivity index (χ2n) is 6.53. The summed E-state index contributed by atoms with van der Waals surface area (Å²) in [5, 5.41) is 12.6. The molecule has 0 radical (unpaired) electrons. The lowest BCUT2D eigenvalue weighted by molar-refractivity contribution is -0.126. The Morgan fingerprint density at radius 3 is 2.62 bits per heavy atom. The molecule has 5 nitrogen and oxygen atoms in total. The fourth-order valence-corrected chi connectivity index (χ4v) is 3.34. The van der Waals surface area contributed by atoms with Crippen molar-refractivity contribution in [2.75, 3.05) is 6.54 Å². The van der Waals surface area contributed by atoms with Gasteiger partial charge in [-0.2, -0.15) is 0 Å². The zero-order valence-corrected chi connectivity index (χ0v) is 15.3. The van der Waals surface area contributed by atoms with Gasteiger partial charge < -0.3 is 10.4 Å². The molecular weight excluding hydrogens is 352 g/mol. The van der Waals surface area contributed by atoms with E-state index in [9.17, 15) is 9.59 Å². The van der Waals surface area contributed by atoms with Crippen LogP contribution in [0.15, 0.2) is 42.5 Å². The monoisotopic (exact) mass is 372 g/mol. The molecule has 3 rings (SSSR count). The maximum Gasteiger partial charge on any atom is 0.335 e. The van der Waals surface area contributed by atoms with Crippen molar-refractivity contribution in [1.29, 1.82) is 0 Å². The van der Waals surface area contributed by atoms with E-state index in [0.29, 0.717) is 6.54 Å². The van der Waals surface area contributed by atoms with E-state index >= 15 is 0 Å². The van der Waals surface area contributed by atoms with E-state index in [1.165, 1.54) is 11.1 Å². The van der Waals surface area contributed by atoms with Gasteiger partial charge in [-0.05, 0) is 54.3 Å². The highest BCUT2D eigenvalue weighted by molar-refractivity contribution is 6.30. The molecule has 1 atom stereocenters. The van der Waals surface area contributed by atoms with Crippen LogP contribution in [0.3, 0.4) is 0 Å². The third kappa shape index (κ3) is 4.23. The Labute approximate surface area is 157 Å². The molecule has 1 heterocycles. The maximum absolute atomic E-state index is 12.5. The van der Waals surface area contributed by atoms with Gasteiger partial charge in [0, 0.05) is 24.7 Å². The van der Waals surface area contributed by atoms with Crippen LogP contribution in [-0.2, 0) is 24.3 Å². The van der Waals surface area contributed by atoms with E-state index in [4.69, 9.17) is 16.7 Å². The van der Waals surface area contributed by atoms with Gasteiger partial charge in [-0.1, -0.05) is 29.8 Å². The molecule has 0 aromatic heterocycles. The zero-order valence-electron chi connectivity index (χ0n) is 14.5. The van der Waals surface area contributed by atoms with Crippen LogP contribution in [0.2, 0.25) is 5.02 Å². The molecular formula is C20H21ClN2O3. The summed E-state index contributed by atoms with van der Waals surface area (Å²) in [5.41, 5.74) is 3.57. The lowest BCUT2D eigenvalue weighted by Gasteiger charge is -2.33. The summed E-state index contributed by atoms with van der Waals surface area (Å²) in [6, 6.07) is 12.2. The number of fused-ring (bicyclic) bond motifs is 1. The van der Waals surface area contributed by atoms with Crippen molar-refractivity contribution >= 4 is 23.5 Å². The molecule has 2 aromatic rings. The van der Waals surface area contributed by atoms with Gasteiger partial charge in [0.05, 0.1) is 11.6 Å². The maximum atomic E-state index is 12.5. The lowest BCUT2D eigenvalue weighted by atomic mass is 9.98. The number of carboxylic acids is 1. The normalized spacial score (nSPS) is 15.2. The summed E-state index contributed by atoms with van der Waals surface area (Å²) in [4.78, 5) is 25.5. The van der Waals surface area contributed by atoms with Crippen molar-refractivity contribution in [2.45, 2.75) is 32.5 Å². The molecule has 2 N–H and O–H groups in total. The van der Waals surface area contributed by atoms with E-state index in [-0.39, 0.29) is 17.5 Å². The van der Waals surface area contributed by atoms with Crippen LogP contribution in [0.1, 0.15) is 34.0 Å². The van der Waals surface area contributed by atoms with Gasteiger partial charge >= 0.3 is 5.97 Å². The van der Waals surface area contributed by atoms with Crippen LogP contribution >= 0.6 is 11.6 Å². The smallest absolute Gasteiger partial charge is 0.335 e. The minimum atomic E-state index is -0.958. The lowest BCUT2D eigenvalue weighted by Crippen LogP contribution is -2.46. The fraction of sp³-hybridized carbons (Fsp3) is 0.300. The van der Waals surface area contributed by atoms with E-state index in [1.54, 1.807) is 24.3 Å². The van der Waals surface area contributed by atoms with Gasteiger partial charge in [-0.25, -0.2) is 4.79 Å². The van der Waals surface area contributed by atoms with E-state index in [0.717, 1.165) is 30.1 Å². The number of hydrogen-bond donors (Lipinski definition) is 2. The predicted molar refractivity (Wildman–Crippen MR) is 100 cm³/mol. The number of carbonyl (C=O) groups excluding carboxylic acids is 1. The number of hydrogen-bond acceptors (Lipinski definition) is 3. The van der Waals surface area contributed by atoms with Gasteiger partial charge in [-0.15, -0.1) is 0 Å². The highest BCUT2D eigenvalue weighted by Crippen LogP contribution is 2.23. The number of nitrogens with one attached hydrogen (secondary N) is 1. The summed E-state index contributed by atoms with van der Waals surface area (Å²) in [5.74, 6) is -0.995. The van der Waals surface area contributed by atoms with Gasteiger partial charge in [-0.3, -0.25) is 9.69 Å². The Morgan fingerprint density at radius 1 is 1.19 bits per heavy atom. The van der Waals surface area contributed by atoms with Crippen molar-refractivity contribution in [2.24, 2.45) is 0 Å². The van der Waals surface area contributed by atoms with Crippen LogP contribution in [-0.4, -0.2) is 34.5 Å². The minimum Gasteiger partial charge on any atom is -0.478 e. The molecule has 1 aliphatic rings. The van der Waals surface area contributed by atoms with Crippen LogP contribution < -0.4 is 5.32 Å². The molecule has 0 aliphatic carbocycles. The molecule has 0 fully saturated rings. The quantitative estimate of drug-likeness (QED) is 0.846. The van der Waals surface area contributed by atoms with Gasteiger partial charge in [0.15, 0.2) is 0 Å². The fourth-order valence-electron chi connectivity index (χ4n) is 3.14. The minimum absolute atomic E-state index is 0.0373. The molecule has 1 amide bonds. The molecule has 1 aliphatic heterocycles. The molecule has 26 heavy (non-hydrogen) atoms. The van der Waals surface area contributed by atoms with Crippen molar-refractivity contribution in [3.8, 4) is 0 Å². The first-order valence-corrected chi connectivity index (χ1v) is 8.93. The first-order valence-electron chi connectivity index (χ1n) is 8.55. The average Bonchev–Trinajstić information content (AvgIpc) is 2.65. The largest absolute Gasteiger partial charge is 0.478 e. The number of nitrogens with zero attached hydrogens (tertiary/aromatic N) is 1. The SMILES string of the molecule is CC(C(=O)NCc1ccc(C(=O)O)cc1)N1CCc2cc(Cl)ccc2C1. The molecule has 136 valence electrons. The summed E-state index contributed by atoms with van der Waals surface area (Å²) < 4.78 is 0. The Hall–Kier alpha value is -2.37. The number of benzene rings is 2. The second kappa shape index (κ2) is 7.89. The Balaban J connectivity index is 1.56. The van der Waals surface area contributed by atoms with E-state index in [1.807, 2.05) is 25.1 Å². The van der Waals surface area contributed by atoms with Crippen molar-refractivity contribution < 1.29 is 14.7 Å². The van der Waals surface area contributed by atoms with Gasteiger partial charge in [0.25, 0.3) is 0 Å². The zero-order chi connectivity index (χ0) is 18.7. The Kier molecular flexibility index (Phi) is 5.59. The highest BCUT2D eigenvalue weighted by atomic mass is 35.5. The van der Waals surface area contributed by atoms with Crippen LogP contribution in [0, 0.1) is 0 Å².